The number of carbonyl (C=O) groups excluding carboxylic acids is 1. The number of halogens is 2. The molecule has 16 heavy (non-hydrogen) atoms. The number of amides is 1. The predicted octanol–water partition coefficient (Wildman–Crippen LogP) is 1.47. The number of alkyl halides is 2. The molecule has 3 unspecified atom stereocenters. The van der Waals surface area contributed by atoms with Crippen molar-refractivity contribution >= 4 is 5.91 Å². The summed E-state index contributed by atoms with van der Waals surface area (Å²) in [5, 5.41) is 0. The van der Waals surface area contributed by atoms with Crippen molar-refractivity contribution in [3.8, 4) is 0 Å². The summed E-state index contributed by atoms with van der Waals surface area (Å²) in [6.07, 6.45) is -0.133. The number of carbonyl (C=O) groups is 1. The number of nitrogens with two attached hydrogens (primary N) is 1. The van der Waals surface area contributed by atoms with Crippen molar-refractivity contribution in [2.45, 2.75) is 38.7 Å². The molecule has 1 aliphatic rings. The zero-order valence-corrected chi connectivity index (χ0v) is 9.83. The molecule has 1 saturated carbocycles. The van der Waals surface area contributed by atoms with E-state index in [9.17, 15) is 13.6 Å². The van der Waals surface area contributed by atoms with Gasteiger partial charge in [-0.1, -0.05) is 6.92 Å². The van der Waals surface area contributed by atoms with Gasteiger partial charge in [0.15, 0.2) is 0 Å². The lowest BCUT2D eigenvalue weighted by atomic mass is 9.77. The molecule has 3 nitrogen and oxygen atoms in total. The summed E-state index contributed by atoms with van der Waals surface area (Å²) in [7, 11) is 1.44. The van der Waals surface area contributed by atoms with Gasteiger partial charge in [-0.15, -0.1) is 0 Å². The van der Waals surface area contributed by atoms with Crippen molar-refractivity contribution in [1.29, 1.82) is 0 Å². The summed E-state index contributed by atoms with van der Waals surface area (Å²) in [5.41, 5.74) is 5.80. The Morgan fingerprint density at radius 1 is 1.50 bits per heavy atom. The van der Waals surface area contributed by atoms with Gasteiger partial charge in [-0.2, -0.15) is 0 Å². The summed E-state index contributed by atoms with van der Waals surface area (Å²) < 4.78 is 24.3. The van der Waals surface area contributed by atoms with E-state index in [1.165, 1.54) is 7.05 Å². The SMILES string of the molecule is CC1CC(N)CCC1C(=O)N(C)CC(F)F. The van der Waals surface area contributed by atoms with Gasteiger partial charge in [-0.3, -0.25) is 4.79 Å². The van der Waals surface area contributed by atoms with Crippen LogP contribution in [0, 0.1) is 11.8 Å². The minimum atomic E-state index is -2.46. The first kappa shape index (κ1) is 13.4. The maximum atomic E-state index is 12.2. The van der Waals surface area contributed by atoms with Gasteiger partial charge in [-0.05, 0) is 25.2 Å². The lowest BCUT2D eigenvalue weighted by Crippen LogP contribution is -2.42. The van der Waals surface area contributed by atoms with Gasteiger partial charge >= 0.3 is 0 Å². The second kappa shape index (κ2) is 5.57. The second-order valence-corrected chi connectivity index (χ2v) is 4.77. The van der Waals surface area contributed by atoms with Crippen LogP contribution in [-0.4, -0.2) is 36.9 Å². The highest BCUT2D eigenvalue weighted by molar-refractivity contribution is 5.79. The van der Waals surface area contributed by atoms with E-state index in [4.69, 9.17) is 5.73 Å². The zero-order chi connectivity index (χ0) is 12.3. The summed E-state index contributed by atoms with van der Waals surface area (Å²) in [6.45, 7) is 1.49. The summed E-state index contributed by atoms with van der Waals surface area (Å²) >= 11 is 0. The minimum Gasteiger partial charge on any atom is -0.340 e. The van der Waals surface area contributed by atoms with Crippen LogP contribution in [0.1, 0.15) is 26.2 Å². The molecule has 2 N–H and O–H groups in total. The number of nitrogens with zero attached hydrogens (tertiary/aromatic N) is 1. The van der Waals surface area contributed by atoms with Crippen LogP contribution in [0.2, 0.25) is 0 Å². The third-order valence-electron chi connectivity index (χ3n) is 3.32. The highest BCUT2D eigenvalue weighted by atomic mass is 19.3. The fourth-order valence-corrected chi connectivity index (χ4v) is 2.38. The van der Waals surface area contributed by atoms with E-state index in [2.05, 4.69) is 0 Å². The highest BCUT2D eigenvalue weighted by Gasteiger charge is 2.33. The van der Waals surface area contributed by atoms with E-state index in [0.717, 1.165) is 24.2 Å². The third kappa shape index (κ3) is 3.40. The van der Waals surface area contributed by atoms with Crippen molar-refractivity contribution in [2.75, 3.05) is 13.6 Å². The maximum Gasteiger partial charge on any atom is 0.255 e. The van der Waals surface area contributed by atoms with Crippen molar-refractivity contribution in [1.82, 2.24) is 4.90 Å². The molecule has 0 heterocycles. The maximum absolute atomic E-state index is 12.2. The van der Waals surface area contributed by atoms with Crippen LogP contribution in [0.25, 0.3) is 0 Å². The number of hydrogen-bond donors (Lipinski definition) is 1. The molecule has 1 rings (SSSR count). The van der Waals surface area contributed by atoms with Crippen LogP contribution in [0.15, 0.2) is 0 Å². The fourth-order valence-electron chi connectivity index (χ4n) is 2.38. The van der Waals surface area contributed by atoms with E-state index in [1.807, 2.05) is 6.92 Å². The molecule has 0 radical (unpaired) electrons. The molecule has 0 aromatic heterocycles. The molecule has 0 aromatic carbocycles. The Labute approximate surface area is 95.0 Å². The first-order valence-electron chi connectivity index (χ1n) is 5.70. The van der Waals surface area contributed by atoms with Gasteiger partial charge in [0.1, 0.15) is 0 Å². The number of rotatable bonds is 3. The molecule has 0 saturated heterocycles. The fraction of sp³-hybridized carbons (Fsp3) is 0.909. The molecule has 3 atom stereocenters. The Balaban J connectivity index is 2.53. The van der Waals surface area contributed by atoms with Gasteiger partial charge in [0.2, 0.25) is 5.91 Å². The van der Waals surface area contributed by atoms with Crippen molar-refractivity contribution < 1.29 is 13.6 Å². The number of hydrogen-bond acceptors (Lipinski definition) is 2. The average Bonchev–Trinajstić information content (AvgIpc) is 2.15. The van der Waals surface area contributed by atoms with Crippen LogP contribution in [0.5, 0.6) is 0 Å². The minimum absolute atomic E-state index is 0.136. The lowest BCUT2D eigenvalue weighted by molar-refractivity contribution is -0.138. The first-order valence-corrected chi connectivity index (χ1v) is 5.70. The molecule has 0 bridgehead atoms. The quantitative estimate of drug-likeness (QED) is 0.804. The van der Waals surface area contributed by atoms with Crippen molar-refractivity contribution in [3.63, 3.8) is 0 Å². The largest absolute Gasteiger partial charge is 0.340 e. The molecule has 0 spiro atoms. The summed E-state index contributed by atoms with van der Waals surface area (Å²) in [4.78, 5) is 13.0. The Hall–Kier alpha value is -0.710. The second-order valence-electron chi connectivity index (χ2n) is 4.77. The topological polar surface area (TPSA) is 46.3 Å². The molecular formula is C11H20F2N2O. The Morgan fingerprint density at radius 3 is 2.62 bits per heavy atom. The van der Waals surface area contributed by atoms with Crippen molar-refractivity contribution in [3.05, 3.63) is 0 Å². The summed E-state index contributed by atoms with van der Waals surface area (Å²) in [5.74, 6) is -0.111. The predicted molar refractivity (Wildman–Crippen MR) is 58.1 cm³/mol. The van der Waals surface area contributed by atoms with Crippen LogP contribution in [-0.2, 0) is 4.79 Å². The summed E-state index contributed by atoms with van der Waals surface area (Å²) in [6, 6.07) is 0.152. The molecule has 1 fully saturated rings. The van der Waals surface area contributed by atoms with Crippen LogP contribution in [0.3, 0.4) is 0 Å². The van der Waals surface area contributed by atoms with Crippen LogP contribution >= 0.6 is 0 Å². The standard InChI is InChI=1S/C11H20F2N2O/c1-7-5-8(14)3-4-9(7)11(16)15(2)6-10(12)13/h7-10H,3-6,14H2,1-2H3. The van der Waals surface area contributed by atoms with E-state index in [0.29, 0.717) is 0 Å². The van der Waals surface area contributed by atoms with Crippen LogP contribution < -0.4 is 5.73 Å². The van der Waals surface area contributed by atoms with Gasteiger partial charge in [0.05, 0.1) is 6.54 Å². The average molecular weight is 234 g/mol. The Bertz CT molecular complexity index is 248. The molecule has 1 amide bonds. The van der Waals surface area contributed by atoms with Gasteiger partial charge in [-0.25, -0.2) is 8.78 Å². The van der Waals surface area contributed by atoms with Crippen molar-refractivity contribution in [2.24, 2.45) is 17.6 Å². The third-order valence-corrected chi connectivity index (χ3v) is 3.32. The smallest absolute Gasteiger partial charge is 0.255 e. The molecule has 94 valence electrons. The van der Waals surface area contributed by atoms with Crippen LogP contribution in [0.4, 0.5) is 8.78 Å². The van der Waals surface area contributed by atoms with E-state index >= 15 is 0 Å². The molecule has 1 aliphatic carbocycles. The van der Waals surface area contributed by atoms with E-state index < -0.39 is 13.0 Å². The molecule has 0 aromatic rings. The highest BCUT2D eigenvalue weighted by Crippen LogP contribution is 2.30. The molecule has 0 aliphatic heterocycles. The normalized spacial score (nSPS) is 30.5. The van der Waals surface area contributed by atoms with Gasteiger partial charge in [0, 0.05) is 19.0 Å². The van der Waals surface area contributed by atoms with Gasteiger partial charge < -0.3 is 10.6 Å². The molecule has 5 heteroatoms. The zero-order valence-electron chi connectivity index (χ0n) is 9.83. The first-order chi connectivity index (χ1) is 7.41. The lowest BCUT2D eigenvalue weighted by Gasteiger charge is -2.33. The molecular weight excluding hydrogens is 214 g/mol. The monoisotopic (exact) mass is 234 g/mol. The van der Waals surface area contributed by atoms with E-state index in [-0.39, 0.29) is 23.8 Å². The Kier molecular flexibility index (Phi) is 4.65. The van der Waals surface area contributed by atoms with E-state index in [1.54, 1.807) is 0 Å². The van der Waals surface area contributed by atoms with Gasteiger partial charge in [0.25, 0.3) is 6.43 Å². The Morgan fingerprint density at radius 2 is 2.12 bits per heavy atom.